The van der Waals surface area contributed by atoms with E-state index in [1.54, 1.807) is 0 Å². The third-order valence-electron chi connectivity index (χ3n) is 9.82. The van der Waals surface area contributed by atoms with E-state index < -0.39 is 0 Å². The van der Waals surface area contributed by atoms with Crippen LogP contribution in [0.15, 0.2) is 24.3 Å². The topological polar surface area (TPSA) is 60.0 Å². The van der Waals surface area contributed by atoms with Crippen LogP contribution in [0.1, 0.15) is 206 Å². The van der Waals surface area contributed by atoms with Gasteiger partial charge in [0.15, 0.2) is 0 Å². The van der Waals surface area contributed by atoms with Crippen LogP contribution >= 0.6 is 0 Å². The molecule has 0 bridgehead atoms. The molecule has 0 saturated heterocycles. The highest BCUT2D eigenvalue weighted by Gasteiger charge is 2.13. The molecule has 1 amide bonds. The first-order chi connectivity index (χ1) is 25.6. The number of nitrogens with one attached hydrogen (secondary N) is 1. The third kappa shape index (κ3) is 43.0. The van der Waals surface area contributed by atoms with Crippen LogP contribution in [0.5, 0.6) is 0 Å². The van der Waals surface area contributed by atoms with E-state index in [1.165, 1.54) is 167 Å². The highest BCUT2D eigenvalue weighted by molar-refractivity contribution is 5.67. The highest BCUT2D eigenvalue weighted by Crippen LogP contribution is 2.12. The van der Waals surface area contributed by atoms with Crippen LogP contribution in [0.25, 0.3) is 0 Å². The Morgan fingerprint density at radius 1 is 0.519 bits per heavy atom. The normalized spacial score (nSPS) is 12.5. The number of unbranched alkanes of at least 4 members (excludes halogenated alkanes) is 25. The van der Waals surface area contributed by atoms with Gasteiger partial charge in [0.1, 0.15) is 12.7 Å². The number of carbonyl (C=O) groups excluding carboxylic acids is 1. The minimum atomic E-state index is -0.357. The first-order valence-corrected chi connectivity index (χ1v) is 22.6. The van der Waals surface area contributed by atoms with Gasteiger partial charge in [0.05, 0.1) is 6.61 Å². The van der Waals surface area contributed by atoms with Gasteiger partial charge in [-0.15, -0.1) is 0 Å². The second-order valence-corrected chi connectivity index (χ2v) is 15.5. The summed E-state index contributed by atoms with van der Waals surface area (Å²) < 4.78 is 17.7. The van der Waals surface area contributed by atoms with Gasteiger partial charge in [0, 0.05) is 19.8 Å². The summed E-state index contributed by atoms with van der Waals surface area (Å²) in [5.74, 6) is 0. The second-order valence-electron chi connectivity index (χ2n) is 15.5. The Labute approximate surface area is 325 Å². The molecule has 0 saturated carbocycles. The zero-order valence-electron chi connectivity index (χ0n) is 35.4. The third-order valence-corrected chi connectivity index (χ3v) is 9.82. The number of ether oxygens (including phenoxy) is 3. The number of nitrogens with zero attached hydrogens (tertiary/aromatic N) is 1. The molecule has 0 aliphatic carbocycles. The number of allylic oxidation sites excluding steroid dienone is 4. The van der Waals surface area contributed by atoms with E-state index in [1.807, 2.05) is 0 Å². The average Bonchev–Trinajstić information content (AvgIpc) is 3.13. The number of alkyl carbamates (subject to hydrolysis) is 1. The van der Waals surface area contributed by atoms with Crippen molar-refractivity contribution in [3.8, 4) is 0 Å². The molecule has 0 fully saturated rings. The van der Waals surface area contributed by atoms with E-state index in [0.29, 0.717) is 19.8 Å². The van der Waals surface area contributed by atoms with E-state index >= 15 is 0 Å². The molecule has 0 aromatic rings. The van der Waals surface area contributed by atoms with Gasteiger partial charge in [0.2, 0.25) is 0 Å². The minimum Gasteiger partial charge on any atom is -0.447 e. The predicted molar refractivity (Wildman–Crippen MR) is 227 cm³/mol. The quantitative estimate of drug-likeness (QED) is 0.0500. The fourth-order valence-corrected chi connectivity index (χ4v) is 6.37. The van der Waals surface area contributed by atoms with Gasteiger partial charge >= 0.3 is 6.09 Å². The van der Waals surface area contributed by atoms with Crippen LogP contribution < -0.4 is 5.32 Å². The Bertz CT molecular complexity index is 757. The Morgan fingerprint density at radius 3 is 1.40 bits per heavy atom. The van der Waals surface area contributed by atoms with Crippen molar-refractivity contribution in [3.05, 3.63) is 24.3 Å². The van der Waals surface area contributed by atoms with Crippen molar-refractivity contribution in [2.75, 3.05) is 53.6 Å². The number of rotatable bonds is 42. The molecule has 1 N–H and O–H groups in total. The van der Waals surface area contributed by atoms with Crippen LogP contribution in [-0.2, 0) is 14.2 Å². The molecule has 0 aliphatic rings. The second kappa shape index (κ2) is 44.0. The fourth-order valence-electron chi connectivity index (χ4n) is 6.37. The number of hydrogen-bond donors (Lipinski definition) is 1. The Balaban J connectivity index is 4.02. The van der Waals surface area contributed by atoms with Gasteiger partial charge in [0.25, 0.3) is 0 Å². The molecule has 0 spiro atoms. The van der Waals surface area contributed by atoms with E-state index in [4.69, 9.17) is 14.2 Å². The zero-order chi connectivity index (χ0) is 37.8. The molecule has 52 heavy (non-hydrogen) atoms. The summed E-state index contributed by atoms with van der Waals surface area (Å²) in [6.45, 7) is 8.38. The maximum absolute atomic E-state index is 12.3. The molecule has 0 aliphatic heterocycles. The van der Waals surface area contributed by atoms with Crippen molar-refractivity contribution in [2.45, 2.75) is 213 Å². The van der Waals surface area contributed by atoms with Crippen LogP contribution in [-0.4, -0.2) is 70.7 Å². The van der Waals surface area contributed by atoms with Crippen molar-refractivity contribution >= 4 is 6.09 Å². The number of amides is 1. The minimum absolute atomic E-state index is 0.211. The van der Waals surface area contributed by atoms with E-state index in [2.05, 4.69) is 62.5 Å². The molecule has 6 heteroatoms. The summed E-state index contributed by atoms with van der Waals surface area (Å²) in [5.41, 5.74) is 0. The van der Waals surface area contributed by atoms with Crippen molar-refractivity contribution in [2.24, 2.45) is 0 Å². The SMILES string of the molecule is CCCCCCCCC=CCCCCCCCCOCC(COC(=O)NCCCCN(C)C)OCCCCCCCCC=CCCCCCCCC. The summed E-state index contributed by atoms with van der Waals surface area (Å²) in [6, 6.07) is 0. The maximum Gasteiger partial charge on any atom is 0.407 e. The summed E-state index contributed by atoms with van der Waals surface area (Å²) >= 11 is 0. The summed E-state index contributed by atoms with van der Waals surface area (Å²) in [5, 5.41) is 2.88. The van der Waals surface area contributed by atoms with Crippen molar-refractivity contribution < 1.29 is 19.0 Å². The van der Waals surface area contributed by atoms with Crippen LogP contribution in [0.3, 0.4) is 0 Å². The number of hydrogen-bond acceptors (Lipinski definition) is 5. The van der Waals surface area contributed by atoms with Crippen molar-refractivity contribution in [3.63, 3.8) is 0 Å². The first-order valence-electron chi connectivity index (χ1n) is 22.6. The monoisotopic (exact) mass is 735 g/mol. The summed E-state index contributed by atoms with van der Waals surface area (Å²) in [7, 11) is 4.14. The lowest BCUT2D eigenvalue weighted by Gasteiger charge is -2.18. The van der Waals surface area contributed by atoms with Crippen LogP contribution in [0.2, 0.25) is 0 Å². The van der Waals surface area contributed by atoms with Gasteiger partial charge < -0.3 is 24.4 Å². The van der Waals surface area contributed by atoms with Crippen LogP contribution in [0, 0.1) is 0 Å². The molecule has 0 aromatic carbocycles. The fraction of sp³-hybridized carbons (Fsp3) is 0.891. The molecule has 6 nitrogen and oxygen atoms in total. The summed E-state index contributed by atoms with van der Waals surface area (Å²) in [6.07, 6.45) is 47.5. The zero-order valence-corrected chi connectivity index (χ0v) is 35.4. The Morgan fingerprint density at radius 2 is 0.942 bits per heavy atom. The lowest BCUT2D eigenvalue weighted by Crippen LogP contribution is -2.32. The lowest BCUT2D eigenvalue weighted by atomic mass is 10.1. The van der Waals surface area contributed by atoms with E-state index in [0.717, 1.165) is 38.8 Å². The molecule has 308 valence electrons. The standard InChI is InChI=1S/C46H90N2O4/c1-5-7-9-11-13-15-17-19-21-23-25-27-29-31-33-37-41-50-43-45(44-52-46(49)47-39-35-36-40-48(3)4)51-42-38-34-32-30-28-26-24-22-20-18-16-14-12-10-8-6-2/h19-22,45H,5-18,23-44H2,1-4H3,(H,47,49). The molecule has 1 unspecified atom stereocenters. The number of carbonyl (C=O) groups is 1. The lowest BCUT2D eigenvalue weighted by molar-refractivity contribution is -0.0468. The van der Waals surface area contributed by atoms with Gasteiger partial charge in [-0.1, -0.05) is 154 Å². The Hall–Kier alpha value is -1.37. The Kier molecular flexibility index (Phi) is 42.9. The maximum atomic E-state index is 12.3. The molecule has 0 aromatic heterocycles. The molecular weight excluding hydrogens is 645 g/mol. The summed E-state index contributed by atoms with van der Waals surface area (Å²) in [4.78, 5) is 14.4. The van der Waals surface area contributed by atoms with Gasteiger partial charge in [-0.2, -0.15) is 0 Å². The molecular formula is C46H90N2O4. The van der Waals surface area contributed by atoms with Crippen LogP contribution in [0.4, 0.5) is 4.79 Å². The van der Waals surface area contributed by atoms with E-state index in [-0.39, 0.29) is 18.8 Å². The average molecular weight is 735 g/mol. The smallest absolute Gasteiger partial charge is 0.407 e. The molecule has 0 rings (SSSR count). The first kappa shape index (κ1) is 50.6. The molecule has 1 atom stereocenters. The van der Waals surface area contributed by atoms with E-state index in [9.17, 15) is 4.79 Å². The van der Waals surface area contributed by atoms with Crippen molar-refractivity contribution in [1.82, 2.24) is 10.2 Å². The molecule has 0 heterocycles. The van der Waals surface area contributed by atoms with Gasteiger partial charge in [-0.05, 0) is 97.7 Å². The van der Waals surface area contributed by atoms with Gasteiger partial charge in [-0.3, -0.25) is 0 Å². The highest BCUT2D eigenvalue weighted by atomic mass is 16.6. The van der Waals surface area contributed by atoms with Gasteiger partial charge in [-0.25, -0.2) is 4.79 Å². The molecule has 0 radical (unpaired) electrons. The largest absolute Gasteiger partial charge is 0.447 e. The predicted octanol–water partition coefficient (Wildman–Crippen LogP) is 13.5. The van der Waals surface area contributed by atoms with Crippen molar-refractivity contribution in [1.29, 1.82) is 0 Å².